The van der Waals surface area contributed by atoms with Crippen LogP contribution in [0.5, 0.6) is 5.75 Å². The van der Waals surface area contributed by atoms with Gasteiger partial charge in [-0.05, 0) is 12.1 Å². The molecule has 0 aliphatic rings. The van der Waals surface area contributed by atoms with Crippen molar-refractivity contribution in [3.05, 3.63) is 23.8 Å². The van der Waals surface area contributed by atoms with Crippen LogP contribution < -0.4 is 10.2 Å². The highest BCUT2D eigenvalue weighted by Gasteiger charge is 2.35. The highest BCUT2D eigenvalue weighted by Crippen LogP contribution is 2.22. The van der Waals surface area contributed by atoms with Crippen molar-refractivity contribution in [2.24, 2.45) is 0 Å². The van der Waals surface area contributed by atoms with Crippen LogP contribution in [0, 0.1) is 11.6 Å². The SMILES string of the molecule is OB(O)c1c(OC(F)(F)F)ccc(F)c1F. The predicted octanol–water partition coefficient (Wildman–Crippen LogP) is 0.543. The molecule has 0 aliphatic carbocycles. The average Bonchev–Trinajstić information content (AvgIpc) is 2.08. The maximum absolute atomic E-state index is 12.9. The highest BCUT2D eigenvalue weighted by molar-refractivity contribution is 6.59. The van der Waals surface area contributed by atoms with Crippen molar-refractivity contribution in [3.63, 3.8) is 0 Å². The smallest absolute Gasteiger partial charge is 0.423 e. The van der Waals surface area contributed by atoms with Gasteiger partial charge in [0.25, 0.3) is 0 Å². The van der Waals surface area contributed by atoms with Gasteiger partial charge in [0.05, 0.1) is 5.46 Å². The quantitative estimate of drug-likeness (QED) is 0.587. The van der Waals surface area contributed by atoms with Gasteiger partial charge in [0, 0.05) is 0 Å². The van der Waals surface area contributed by atoms with E-state index in [0.717, 1.165) is 0 Å². The molecule has 16 heavy (non-hydrogen) atoms. The fourth-order valence-electron chi connectivity index (χ4n) is 1.00. The highest BCUT2D eigenvalue weighted by atomic mass is 19.4. The molecule has 0 bridgehead atoms. The standard InChI is InChI=1S/C7H4BF5O3/c9-3-1-2-4(16-7(11,12)13)5(6(3)10)8(14)15/h1-2,14-15H. The second-order valence-electron chi connectivity index (χ2n) is 2.69. The monoisotopic (exact) mass is 242 g/mol. The van der Waals surface area contributed by atoms with Gasteiger partial charge in [-0.1, -0.05) is 0 Å². The molecule has 1 aromatic carbocycles. The van der Waals surface area contributed by atoms with Crippen LogP contribution in [-0.4, -0.2) is 23.5 Å². The van der Waals surface area contributed by atoms with Crippen molar-refractivity contribution in [2.45, 2.75) is 6.36 Å². The van der Waals surface area contributed by atoms with Crippen molar-refractivity contribution in [2.75, 3.05) is 0 Å². The lowest BCUT2D eigenvalue weighted by Gasteiger charge is -2.13. The molecule has 0 spiro atoms. The molecule has 9 heteroatoms. The van der Waals surface area contributed by atoms with E-state index in [0.29, 0.717) is 12.1 Å². The molecule has 0 atom stereocenters. The molecule has 0 amide bonds. The maximum Gasteiger partial charge on any atom is 0.573 e. The van der Waals surface area contributed by atoms with E-state index < -0.39 is 36.3 Å². The van der Waals surface area contributed by atoms with E-state index in [1.54, 1.807) is 0 Å². The fourth-order valence-corrected chi connectivity index (χ4v) is 1.00. The normalized spacial score (nSPS) is 11.4. The van der Waals surface area contributed by atoms with E-state index in [-0.39, 0.29) is 0 Å². The van der Waals surface area contributed by atoms with Crippen LogP contribution in [-0.2, 0) is 0 Å². The minimum absolute atomic E-state index is 0.377. The fraction of sp³-hybridized carbons (Fsp3) is 0.143. The zero-order valence-electron chi connectivity index (χ0n) is 7.42. The van der Waals surface area contributed by atoms with Crippen molar-refractivity contribution >= 4 is 12.6 Å². The first-order valence-electron chi connectivity index (χ1n) is 3.82. The van der Waals surface area contributed by atoms with Gasteiger partial charge in [0.15, 0.2) is 11.6 Å². The van der Waals surface area contributed by atoms with E-state index in [4.69, 9.17) is 10.0 Å². The maximum atomic E-state index is 12.9. The van der Waals surface area contributed by atoms with E-state index in [1.807, 2.05) is 0 Å². The number of rotatable bonds is 2. The Bertz CT molecular complexity index is 392. The van der Waals surface area contributed by atoms with E-state index in [2.05, 4.69) is 4.74 Å². The Hall–Kier alpha value is -1.35. The van der Waals surface area contributed by atoms with Crippen LogP contribution in [0.15, 0.2) is 12.1 Å². The molecule has 1 aromatic rings. The molecule has 0 aromatic heterocycles. The van der Waals surface area contributed by atoms with Gasteiger partial charge in [-0.15, -0.1) is 13.2 Å². The van der Waals surface area contributed by atoms with Gasteiger partial charge in [-0.2, -0.15) is 0 Å². The van der Waals surface area contributed by atoms with Crippen LogP contribution >= 0.6 is 0 Å². The molecule has 0 heterocycles. The Kier molecular flexibility index (Phi) is 3.39. The molecule has 0 unspecified atom stereocenters. The molecule has 1 rings (SSSR count). The molecule has 88 valence electrons. The van der Waals surface area contributed by atoms with Crippen molar-refractivity contribution < 1.29 is 36.7 Å². The summed E-state index contributed by atoms with van der Waals surface area (Å²) in [5.41, 5.74) is -1.31. The first-order valence-corrected chi connectivity index (χ1v) is 3.82. The molecule has 2 N–H and O–H groups in total. The molecule has 0 saturated carbocycles. The second-order valence-corrected chi connectivity index (χ2v) is 2.69. The number of alkyl halides is 3. The Labute approximate surface area is 86.2 Å². The van der Waals surface area contributed by atoms with Gasteiger partial charge in [-0.3, -0.25) is 0 Å². The lowest BCUT2D eigenvalue weighted by atomic mass is 9.79. The average molecular weight is 242 g/mol. The first-order chi connectivity index (χ1) is 7.22. The van der Waals surface area contributed by atoms with Crippen LogP contribution in [0.4, 0.5) is 22.0 Å². The Morgan fingerprint density at radius 1 is 1.12 bits per heavy atom. The number of hydrogen-bond donors (Lipinski definition) is 2. The molecule has 0 saturated heterocycles. The lowest BCUT2D eigenvalue weighted by Crippen LogP contribution is -2.36. The summed E-state index contributed by atoms with van der Waals surface area (Å²) in [4.78, 5) is 0. The zero-order chi connectivity index (χ0) is 12.5. The van der Waals surface area contributed by atoms with Gasteiger partial charge in [0.2, 0.25) is 0 Å². The van der Waals surface area contributed by atoms with E-state index in [1.165, 1.54) is 0 Å². The first kappa shape index (κ1) is 12.7. The summed E-state index contributed by atoms with van der Waals surface area (Å²) >= 11 is 0. The molecular formula is C7H4BF5O3. The summed E-state index contributed by atoms with van der Waals surface area (Å²) in [5, 5.41) is 17.2. The van der Waals surface area contributed by atoms with Gasteiger partial charge < -0.3 is 14.8 Å². The molecule has 0 radical (unpaired) electrons. The van der Waals surface area contributed by atoms with Gasteiger partial charge >= 0.3 is 13.5 Å². The third-order valence-electron chi connectivity index (χ3n) is 1.58. The Balaban J connectivity index is 3.24. The molecule has 3 nitrogen and oxygen atoms in total. The summed E-state index contributed by atoms with van der Waals surface area (Å²) in [6.07, 6.45) is -5.14. The van der Waals surface area contributed by atoms with Crippen LogP contribution in [0.2, 0.25) is 0 Å². The molecular weight excluding hydrogens is 238 g/mol. The summed E-state index contributed by atoms with van der Waals surface area (Å²) in [6.45, 7) is 0. The molecule has 0 aliphatic heterocycles. The summed E-state index contributed by atoms with van der Waals surface area (Å²) in [5.74, 6) is -4.53. The van der Waals surface area contributed by atoms with Crippen LogP contribution in [0.3, 0.4) is 0 Å². The Morgan fingerprint density at radius 3 is 2.12 bits per heavy atom. The number of benzene rings is 1. The lowest BCUT2D eigenvalue weighted by molar-refractivity contribution is -0.274. The number of hydrogen-bond acceptors (Lipinski definition) is 3. The number of ether oxygens (including phenoxy) is 1. The number of halogens is 5. The molecule has 0 fully saturated rings. The van der Waals surface area contributed by atoms with Crippen LogP contribution in [0.1, 0.15) is 0 Å². The summed E-state index contributed by atoms with van der Waals surface area (Å²) in [6, 6.07) is 0.822. The van der Waals surface area contributed by atoms with Crippen molar-refractivity contribution in [1.82, 2.24) is 0 Å². The zero-order valence-corrected chi connectivity index (χ0v) is 7.42. The van der Waals surface area contributed by atoms with Crippen molar-refractivity contribution in [1.29, 1.82) is 0 Å². The van der Waals surface area contributed by atoms with E-state index in [9.17, 15) is 22.0 Å². The predicted molar refractivity (Wildman–Crippen MR) is 42.9 cm³/mol. The van der Waals surface area contributed by atoms with Gasteiger partial charge in [0.1, 0.15) is 5.75 Å². The van der Waals surface area contributed by atoms with Gasteiger partial charge in [-0.25, -0.2) is 8.78 Å². The van der Waals surface area contributed by atoms with E-state index >= 15 is 0 Å². The summed E-state index contributed by atoms with van der Waals surface area (Å²) in [7, 11) is -2.62. The minimum atomic E-state index is -5.14. The Morgan fingerprint density at radius 2 is 1.69 bits per heavy atom. The van der Waals surface area contributed by atoms with Crippen LogP contribution in [0.25, 0.3) is 0 Å². The second kappa shape index (κ2) is 4.26. The van der Waals surface area contributed by atoms with Crippen molar-refractivity contribution in [3.8, 4) is 5.75 Å². The third-order valence-corrected chi connectivity index (χ3v) is 1.58. The third kappa shape index (κ3) is 2.83. The minimum Gasteiger partial charge on any atom is -0.423 e. The largest absolute Gasteiger partial charge is 0.573 e. The topological polar surface area (TPSA) is 49.7 Å². The summed E-state index contributed by atoms with van der Waals surface area (Å²) < 4.78 is 64.3.